The summed E-state index contributed by atoms with van der Waals surface area (Å²) in [5, 5.41) is 3.41. The van der Waals surface area contributed by atoms with E-state index in [1.807, 2.05) is 26.0 Å². The van der Waals surface area contributed by atoms with Gasteiger partial charge in [0.1, 0.15) is 16.4 Å². The number of rotatable bonds is 5. The largest absolute Gasteiger partial charge is 0.348 e. The molecule has 0 fully saturated rings. The van der Waals surface area contributed by atoms with Gasteiger partial charge >= 0.3 is 0 Å². The maximum atomic E-state index is 14.3. The molecule has 2 amide bonds. The van der Waals surface area contributed by atoms with Crippen molar-refractivity contribution >= 4 is 46.6 Å². The van der Waals surface area contributed by atoms with Crippen LogP contribution in [0.4, 0.5) is 15.8 Å². The zero-order valence-corrected chi connectivity index (χ0v) is 18.4. The van der Waals surface area contributed by atoms with Gasteiger partial charge in [-0.25, -0.2) is 9.29 Å². The van der Waals surface area contributed by atoms with Crippen LogP contribution in [0.1, 0.15) is 11.1 Å². The van der Waals surface area contributed by atoms with E-state index in [0.29, 0.717) is 10.7 Å². The Kier molecular flexibility index (Phi) is 5.85. The first-order valence-electron chi connectivity index (χ1n) is 9.50. The molecule has 0 bridgehead atoms. The average Bonchev–Trinajstić information content (AvgIpc) is 2.96. The molecule has 0 unspecified atom stereocenters. The number of hydrogen-bond acceptors (Lipinski definition) is 4. The molecule has 0 aliphatic carbocycles. The van der Waals surface area contributed by atoms with Crippen molar-refractivity contribution in [2.45, 2.75) is 18.7 Å². The van der Waals surface area contributed by atoms with Crippen LogP contribution in [0.3, 0.4) is 0 Å². The fourth-order valence-corrected chi connectivity index (χ4v) is 4.36. The maximum Gasteiger partial charge on any atom is 0.283 e. The van der Waals surface area contributed by atoms with Crippen LogP contribution in [0, 0.1) is 19.7 Å². The van der Waals surface area contributed by atoms with Crippen molar-refractivity contribution in [3.63, 3.8) is 0 Å². The van der Waals surface area contributed by atoms with E-state index in [2.05, 4.69) is 5.32 Å². The number of thioether (sulfide) groups is 1. The van der Waals surface area contributed by atoms with Crippen molar-refractivity contribution < 1.29 is 14.0 Å². The van der Waals surface area contributed by atoms with E-state index < -0.39 is 17.6 Å². The van der Waals surface area contributed by atoms with Crippen LogP contribution in [0.5, 0.6) is 0 Å². The van der Waals surface area contributed by atoms with Gasteiger partial charge in [0.15, 0.2) is 0 Å². The van der Waals surface area contributed by atoms with E-state index in [0.717, 1.165) is 32.7 Å². The topological polar surface area (TPSA) is 49.4 Å². The molecular weight excluding hydrogens is 435 g/mol. The zero-order valence-electron chi connectivity index (χ0n) is 16.8. The molecule has 0 spiro atoms. The van der Waals surface area contributed by atoms with Gasteiger partial charge in [0.25, 0.3) is 11.8 Å². The van der Waals surface area contributed by atoms with Crippen LogP contribution in [0.15, 0.2) is 82.2 Å². The highest BCUT2D eigenvalue weighted by atomic mass is 35.5. The quantitative estimate of drug-likeness (QED) is 0.476. The Morgan fingerprint density at radius 1 is 0.935 bits per heavy atom. The Morgan fingerprint density at radius 3 is 2.32 bits per heavy atom. The van der Waals surface area contributed by atoms with Crippen molar-refractivity contribution in [3.05, 3.63) is 99.3 Å². The van der Waals surface area contributed by atoms with Gasteiger partial charge in [-0.3, -0.25) is 9.59 Å². The number of para-hydroxylation sites is 1. The number of halogens is 2. The van der Waals surface area contributed by atoms with Gasteiger partial charge in [0, 0.05) is 9.92 Å². The minimum absolute atomic E-state index is 0.0371. The van der Waals surface area contributed by atoms with Crippen LogP contribution in [0.2, 0.25) is 5.02 Å². The number of amides is 2. The standard InChI is InChI=1S/C24H18ClFN2O2S/c1-14-7-12-20(15(2)13-14)28-23(29)21(27-19-6-4-3-5-18(19)26)22(24(28)30)31-17-10-8-16(25)9-11-17/h3-13,27H,1-2H3. The van der Waals surface area contributed by atoms with Crippen LogP contribution in [-0.2, 0) is 9.59 Å². The molecule has 0 aromatic heterocycles. The molecule has 3 aromatic carbocycles. The Bertz CT molecular complexity index is 1220. The maximum absolute atomic E-state index is 14.3. The third kappa shape index (κ3) is 4.22. The van der Waals surface area contributed by atoms with E-state index in [-0.39, 0.29) is 16.3 Å². The highest BCUT2D eigenvalue weighted by molar-refractivity contribution is 8.04. The Hall–Kier alpha value is -3.09. The van der Waals surface area contributed by atoms with E-state index in [4.69, 9.17) is 11.6 Å². The van der Waals surface area contributed by atoms with Gasteiger partial charge in [-0.15, -0.1) is 0 Å². The average molecular weight is 453 g/mol. The lowest BCUT2D eigenvalue weighted by atomic mass is 10.1. The van der Waals surface area contributed by atoms with Gasteiger partial charge < -0.3 is 5.32 Å². The molecule has 156 valence electrons. The number of imide groups is 1. The van der Waals surface area contributed by atoms with E-state index in [9.17, 15) is 14.0 Å². The lowest BCUT2D eigenvalue weighted by molar-refractivity contribution is -0.120. The highest BCUT2D eigenvalue weighted by Crippen LogP contribution is 2.39. The minimum Gasteiger partial charge on any atom is -0.348 e. The van der Waals surface area contributed by atoms with Crippen molar-refractivity contribution in [1.82, 2.24) is 0 Å². The lowest BCUT2D eigenvalue weighted by Gasteiger charge is -2.18. The summed E-state index contributed by atoms with van der Waals surface area (Å²) in [5.74, 6) is -1.51. The second-order valence-corrected chi connectivity index (χ2v) is 8.62. The van der Waals surface area contributed by atoms with Crippen molar-refractivity contribution in [3.8, 4) is 0 Å². The summed E-state index contributed by atoms with van der Waals surface area (Å²) in [6.45, 7) is 3.78. The van der Waals surface area contributed by atoms with Gasteiger partial charge in [-0.1, -0.05) is 53.2 Å². The Balaban J connectivity index is 1.78. The Morgan fingerprint density at radius 2 is 1.65 bits per heavy atom. The monoisotopic (exact) mass is 452 g/mol. The van der Waals surface area contributed by atoms with Crippen LogP contribution < -0.4 is 10.2 Å². The molecule has 4 rings (SSSR count). The second-order valence-electron chi connectivity index (χ2n) is 7.10. The molecule has 7 heteroatoms. The minimum atomic E-state index is -0.531. The second kappa shape index (κ2) is 8.57. The van der Waals surface area contributed by atoms with Gasteiger partial charge in [0.2, 0.25) is 0 Å². The number of benzene rings is 3. The van der Waals surface area contributed by atoms with E-state index in [1.54, 1.807) is 42.5 Å². The molecule has 0 radical (unpaired) electrons. The number of aryl methyl sites for hydroxylation is 2. The van der Waals surface area contributed by atoms with Crippen molar-refractivity contribution in [2.75, 3.05) is 10.2 Å². The summed E-state index contributed by atoms with van der Waals surface area (Å²) >= 11 is 7.10. The van der Waals surface area contributed by atoms with Gasteiger partial charge in [0.05, 0.1) is 11.4 Å². The number of anilines is 2. The molecule has 1 aliphatic heterocycles. The SMILES string of the molecule is Cc1ccc(N2C(=O)C(Nc3ccccc3F)=C(Sc3ccc(Cl)cc3)C2=O)c(C)c1. The number of carbonyl (C=O) groups excluding carboxylic acids is 2. The number of nitrogens with one attached hydrogen (secondary N) is 1. The normalized spacial score (nSPS) is 13.9. The molecule has 1 heterocycles. The summed E-state index contributed by atoms with van der Waals surface area (Å²) in [6.07, 6.45) is 0. The predicted octanol–water partition coefficient (Wildman–Crippen LogP) is 6.09. The summed E-state index contributed by atoms with van der Waals surface area (Å²) in [6, 6.07) is 18.5. The highest BCUT2D eigenvalue weighted by Gasteiger charge is 2.41. The van der Waals surface area contributed by atoms with Crippen molar-refractivity contribution in [2.24, 2.45) is 0 Å². The predicted molar refractivity (Wildman–Crippen MR) is 123 cm³/mol. The smallest absolute Gasteiger partial charge is 0.283 e. The lowest BCUT2D eigenvalue weighted by Crippen LogP contribution is -2.33. The fourth-order valence-electron chi connectivity index (χ4n) is 3.31. The molecule has 0 atom stereocenters. The van der Waals surface area contributed by atoms with Crippen LogP contribution in [0.25, 0.3) is 0 Å². The Labute approximate surface area is 188 Å². The van der Waals surface area contributed by atoms with Gasteiger partial charge in [-0.2, -0.15) is 0 Å². The third-order valence-corrected chi connectivity index (χ3v) is 6.14. The number of nitrogens with zero attached hydrogens (tertiary/aromatic N) is 1. The third-order valence-electron chi connectivity index (χ3n) is 4.80. The van der Waals surface area contributed by atoms with Gasteiger partial charge in [-0.05, 0) is 61.9 Å². The summed E-state index contributed by atoms with van der Waals surface area (Å²) in [5.41, 5.74) is 2.48. The summed E-state index contributed by atoms with van der Waals surface area (Å²) in [4.78, 5) is 28.8. The number of carbonyl (C=O) groups is 2. The first kappa shape index (κ1) is 21.2. The summed E-state index contributed by atoms with van der Waals surface area (Å²) < 4.78 is 14.3. The van der Waals surface area contributed by atoms with E-state index >= 15 is 0 Å². The zero-order chi connectivity index (χ0) is 22.1. The molecule has 1 N–H and O–H groups in total. The first-order chi connectivity index (χ1) is 14.8. The van der Waals surface area contributed by atoms with Crippen molar-refractivity contribution in [1.29, 1.82) is 0 Å². The molecule has 31 heavy (non-hydrogen) atoms. The van der Waals surface area contributed by atoms with E-state index in [1.165, 1.54) is 12.1 Å². The molecule has 3 aromatic rings. The summed E-state index contributed by atoms with van der Waals surface area (Å²) in [7, 11) is 0. The molecule has 0 saturated heterocycles. The first-order valence-corrected chi connectivity index (χ1v) is 10.7. The number of hydrogen-bond donors (Lipinski definition) is 1. The molecule has 4 nitrogen and oxygen atoms in total. The van der Waals surface area contributed by atoms with Crippen LogP contribution in [-0.4, -0.2) is 11.8 Å². The molecular formula is C24H18ClFN2O2S. The van der Waals surface area contributed by atoms with Crippen LogP contribution >= 0.6 is 23.4 Å². The molecule has 0 saturated carbocycles. The fraction of sp³-hybridized carbons (Fsp3) is 0.0833. The molecule has 1 aliphatic rings.